The van der Waals surface area contributed by atoms with Crippen molar-refractivity contribution in [3.63, 3.8) is 0 Å². The largest absolute Gasteiger partial charge is 0.455 e. The molecule has 6 rings (SSSR count). The number of rotatable bonds is 8. The van der Waals surface area contributed by atoms with Crippen LogP contribution < -0.4 is 19.3 Å². The average molecular weight is 571 g/mol. The van der Waals surface area contributed by atoms with E-state index >= 15 is 0 Å². The summed E-state index contributed by atoms with van der Waals surface area (Å²) in [5.74, 6) is 0.276. The highest BCUT2D eigenvalue weighted by atomic mass is 16.5. The van der Waals surface area contributed by atoms with Crippen molar-refractivity contribution in [2.45, 2.75) is 19.3 Å². The molecule has 0 bridgehead atoms. The molecular weight excluding hydrogens is 544 g/mol. The third kappa shape index (κ3) is 5.22. The first kappa shape index (κ1) is 27.4. The molecule has 0 radical (unpaired) electrons. The maximum Gasteiger partial charge on any atom is 0.258 e. The van der Waals surface area contributed by atoms with Gasteiger partial charge in [-0.2, -0.15) is 0 Å². The number of hydrogen-bond acceptors (Lipinski definition) is 6. The van der Waals surface area contributed by atoms with E-state index in [-0.39, 0.29) is 5.41 Å². The van der Waals surface area contributed by atoms with Crippen LogP contribution in [0.1, 0.15) is 25.0 Å². The number of anilines is 2. The number of imide groups is 2. The summed E-state index contributed by atoms with van der Waals surface area (Å²) in [6.45, 7) is 4.22. The summed E-state index contributed by atoms with van der Waals surface area (Å²) in [7, 11) is 0. The average Bonchev–Trinajstić information content (AvgIpc) is 3.53. The van der Waals surface area contributed by atoms with Crippen LogP contribution in [0.2, 0.25) is 0 Å². The van der Waals surface area contributed by atoms with Gasteiger partial charge in [-0.15, -0.1) is 0 Å². The molecule has 0 aromatic heterocycles. The van der Waals surface area contributed by atoms with E-state index in [4.69, 9.17) is 9.47 Å². The summed E-state index contributed by atoms with van der Waals surface area (Å²) in [4.78, 5) is 51.0. The van der Waals surface area contributed by atoms with Crippen LogP contribution in [0.5, 0.6) is 23.0 Å². The molecule has 0 N–H and O–H groups in total. The van der Waals surface area contributed by atoms with E-state index in [0.717, 1.165) is 20.9 Å². The normalized spacial score (nSPS) is 14.7. The number of ether oxygens (including phenoxy) is 2. The fraction of sp³-hybridized carbons (Fsp3) is 0.0857. The standard InChI is InChI=1S/C35H26N2O6/c1-35(2,23-11-15-25(16-12-23)42-29-9-5-3-7-27(29)36-31(38)19-20-32(36)39)24-13-17-26(18-14-24)43-30-10-6-4-8-28(30)37-33(40)21-22-34(37)41/h3-22H,1-2H3. The Morgan fingerprint density at radius 2 is 0.791 bits per heavy atom. The van der Waals surface area contributed by atoms with Crippen LogP contribution in [-0.4, -0.2) is 23.6 Å². The Morgan fingerprint density at radius 1 is 0.465 bits per heavy atom. The molecule has 0 spiro atoms. The summed E-state index contributed by atoms with van der Waals surface area (Å²) >= 11 is 0. The van der Waals surface area contributed by atoms with E-state index in [1.54, 1.807) is 48.5 Å². The molecule has 0 saturated heterocycles. The summed E-state index contributed by atoms with van der Waals surface area (Å²) < 4.78 is 12.2. The summed E-state index contributed by atoms with van der Waals surface area (Å²) in [6.07, 6.45) is 4.96. The molecule has 8 heteroatoms. The zero-order valence-corrected chi connectivity index (χ0v) is 23.4. The first-order valence-corrected chi connectivity index (χ1v) is 13.6. The Morgan fingerprint density at radius 3 is 1.14 bits per heavy atom. The number of para-hydroxylation sites is 4. The van der Waals surface area contributed by atoms with Crippen molar-refractivity contribution in [2.24, 2.45) is 0 Å². The van der Waals surface area contributed by atoms with Gasteiger partial charge in [0.05, 0.1) is 11.4 Å². The van der Waals surface area contributed by atoms with Gasteiger partial charge in [0.1, 0.15) is 11.5 Å². The second kappa shape index (κ2) is 10.9. The number of amides is 4. The second-order valence-electron chi connectivity index (χ2n) is 10.5. The Kier molecular flexibility index (Phi) is 6.95. The second-order valence-corrected chi connectivity index (χ2v) is 10.5. The predicted molar refractivity (Wildman–Crippen MR) is 161 cm³/mol. The molecular formula is C35H26N2O6. The number of nitrogens with zero attached hydrogens (tertiary/aromatic N) is 2. The highest BCUT2D eigenvalue weighted by Gasteiger charge is 2.29. The minimum Gasteiger partial charge on any atom is -0.455 e. The minimum absolute atomic E-state index is 0.368. The van der Waals surface area contributed by atoms with Crippen LogP contribution >= 0.6 is 0 Å². The third-order valence-corrected chi connectivity index (χ3v) is 7.44. The minimum atomic E-state index is -0.409. The maximum atomic E-state index is 12.2. The molecule has 8 nitrogen and oxygen atoms in total. The van der Waals surface area contributed by atoms with E-state index in [2.05, 4.69) is 13.8 Å². The van der Waals surface area contributed by atoms with Gasteiger partial charge in [-0.05, 0) is 59.7 Å². The lowest BCUT2D eigenvalue weighted by molar-refractivity contribution is -0.121. The van der Waals surface area contributed by atoms with Crippen molar-refractivity contribution in [1.82, 2.24) is 0 Å². The lowest BCUT2D eigenvalue weighted by Gasteiger charge is -2.27. The molecule has 4 amide bonds. The number of hydrogen-bond donors (Lipinski definition) is 0. The van der Waals surface area contributed by atoms with Crippen LogP contribution in [0.25, 0.3) is 0 Å². The van der Waals surface area contributed by atoms with Gasteiger partial charge < -0.3 is 9.47 Å². The molecule has 4 aromatic rings. The van der Waals surface area contributed by atoms with Gasteiger partial charge in [-0.1, -0.05) is 62.4 Å². The fourth-order valence-electron chi connectivity index (χ4n) is 5.03. The van der Waals surface area contributed by atoms with Crippen molar-refractivity contribution in [2.75, 3.05) is 9.80 Å². The van der Waals surface area contributed by atoms with Crippen molar-refractivity contribution in [1.29, 1.82) is 0 Å². The fourth-order valence-corrected chi connectivity index (χ4v) is 5.03. The molecule has 0 saturated carbocycles. The van der Waals surface area contributed by atoms with Crippen molar-refractivity contribution < 1.29 is 28.7 Å². The molecule has 43 heavy (non-hydrogen) atoms. The highest BCUT2D eigenvalue weighted by molar-refractivity contribution is 6.29. The van der Waals surface area contributed by atoms with Gasteiger partial charge in [0.15, 0.2) is 11.5 Å². The van der Waals surface area contributed by atoms with Crippen molar-refractivity contribution >= 4 is 35.0 Å². The molecule has 0 atom stereocenters. The van der Waals surface area contributed by atoms with E-state index in [1.165, 1.54) is 24.3 Å². The van der Waals surface area contributed by atoms with Crippen LogP contribution in [0.3, 0.4) is 0 Å². The van der Waals surface area contributed by atoms with Crippen LogP contribution in [0.4, 0.5) is 11.4 Å². The Labute approximate surface area is 248 Å². The Bertz CT molecular complexity index is 1650. The van der Waals surface area contributed by atoms with Crippen molar-refractivity contribution in [3.8, 4) is 23.0 Å². The van der Waals surface area contributed by atoms with Gasteiger partial charge in [-0.25, -0.2) is 9.80 Å². The smallest absolute Gasteiger partial charge is 0.258 e. The van der Waals surface area contributed by atoms with Crippen LogP contribution in [0, 0.1) is 0 Å². The zero-order valence-electron chi connectivity index (χ0n) is 23.4. The van der Waals surface area contributed by atoms with Gasteiger partial charge in [0.25, 0.3) is 23.6 Å². The molecule has 2 heterocycles. The van der Waals surface area contributed by atoms with E-state index in [9.17, 15) is 19.2 Å². The van der Waals surface area contributed by atoms with Crippen LogP contribution in [0.15, 0.2) is 121 Å². The highest BCUT2D eigenvalue weighted by Crippen LogP contribution is 2.38. The topological polar surface area (TPSA) is 93.2 Å². The van der Waals surface area contributed by atoms with E-state index in [1.807, 2.05) is 48.5 Å². The first-order chi connectivity index (χ1) is 20.7. The Balaban J connectivity index is 1.18. The van der Waals surface area contributed by atoms with Crippen molar-refractivity contribution in [3.05, 3.63) is 132 Å². The SMILES string of the molecule is CC(C)(c1ccc(Oc2ccccc2N2C(=O)C=CC2=O)cc1)c1ccc(Oc2ccccc2N2C(=O)C=CC2=O)cc1. The molecule has 212 valence electrons. The van der Waals surface area contributed by atoms with Gasteiger partial charge in [-0.3, -0.25) is 19.2 Å². The molecule has 4 aromatic carbocycles. The zero-order chi connectivity index (χ0) is 30.1. The maximum absolute atomic E-state index is 12.2. The predicted octanol–water partition coefficient (Wildman–Crippen LogP) is 6.46. The molecule has 2 aliphatic rings. The number of carbonyl (C=O) groups is 4. The van der Waals surface area contributed by atoms with E-state index in [0.29, 0.717) is 34.4 Å². The number of carbonyl (C=O) groups excluding carboxylic acids is 4. The quantitative estimate of drug-likeness (QED) is 0.226. The monoisotopic (exact) mass is 570 g/mol. The number of benzene rings is 4. The van der Waals surface area contributed by atoms with Gasteiger partial charge >= 0.3 is 0 Å². The molecule has 2 aliphatic heterocycles. The summed E-state index contributed by atoms with van der Waals surface area (Å²) in [6, 6.07) is 29.1. The first-order valence-electron chi connectivity index (χ1n) is 13.6. The molecule has 0 fully saturated rings. The Hall–Kier alpha value is -5.76. The summed E-state index contributed by atoms with van der Waals surface area (Å²) in [5.41, 5.74) is 2.48. The lowest BCUT2D eigenvalue weighted by atomic mass is 9.78. The van der Waals surface area contributed by atoms with Gasteiger partial charge in [0, 0.05) is 29.7 Å². The summed E-state index contributed by atoms with van der Waals surface area (Å²) in [5, 5.41) is 0. The van der Waals surface area contributed by atoms with E-state index < -0.39 is 23.6 Å². The molecule has 0 unspecified atom stereocenters. The third-order valence-electron chi connectivity index (χ3n) is 7.44. The molecule has 0 aliphatic carbocycles. The lowest BCUT2D eigenvalue weighted by Crippen LogP contribution is -2.29. The van der Waals surface area contributed by atoms with Crippen LogP contribution in [-0.2, 0) is 24.6 Å². The van der Waals surface area contributed by atoms with Gasteiger partial charge in [0.2, 0.25) is 0 Å².